The van der Waals surface area contributed by atoms with E-state index in [0.717, 1.165) is 0 Å². The molecule has 0 saturated carbocycles. The Balaban J connectivity index is 3.63. The Labute approximate surface area is 102 Å². The highest BCUT2D eigenvalue weighted by Gasteiger charge is 2.15. The van der Waals surface area contributed by atoms with Crippen LogP contribution in [0.4, 0.5) is 4.79 Å². The van der Waals surface area contributed by atoms with Gasteiger partial charge in [-0.3, -0.25) is 4.79 Å². The molecular formula is C12H21NO4. The molecule has 0 atom stereocenters. The van der Waals surface area contributed by atoms with E-state index in [2.05, 4.69) is 5.32 Å². The third-order valence-corrected chi connectivity index (χ3v) is 1.57. The first-order chi connectivity index (χ1) is 7.85. The average molecular weight is 243 g/mol. The summed E-state index contributed by atoms with van der Waals surface area (Å²) in [5.41, 5.74) is -0.531. The Hall–Kier alpha value is -1.52. The van der Waals surface area contributed by atoms with Crippen LogP contribution in [-0.2, 0) is 14.3 Å². The van der Waals surface area contributed by atoms with E-state index in [1.807, 2.05) is 6.92 Å². The molecular weight excluding hydrogens is 222 g/mol. The van der Waals surface area contributed by atoms with Gasteiger partial charge in [-0.05, 0) is 27.7 Å². The van der Waals surface area contributed by atoms with E-state index < -0.39 is 11.7 Å². The number of allylic oxidation sites excluding steroid dienone is 1. The summed E-state index contributed by atoms with van der Waals surface area (Å²) in [7, 11) is 0. The number of hydrogen-bond donors (Lipinski definition) is 1. The van der Waals surface area contributed by atoms with Gasteiger partial charge in [-0.2, -0.15) is 0 Å². The molecule has 5 nitrogen and oxygen atoms in total. The lowest BCUT2D eigenvalue weighted by Gasteiger charge is -2.19. The molecule has 1 amide bonds. The first-order valence-corrected chi connectivity index (χ1v) is 5.59. The topological polar surface area (TPSA) is 64.6 Å². The van der Waals surface area contributed by atoms with Gasteiger partial charge in [0.25, 0.3) is 0 Å². The molecule has 0 aliphatic carbocycles. The van der Waals surface area contributed by atoms with Gasteiger partial charge < -0.3 is 14.8 Å². The highest BCUT2D eigenvalue weighted by atomic mass is 16.6. The second-order valence-electron chi connectivity index (χ2n) is 4.43. The van der Waals surface area contributed by atoms with Crippen molar-refractivity contribution in [1.82, 2.24) is 5.32 Å². The molecule has 17 heavy (non-hydrogen) atoms. The zero-order valence-corrected chi connectivity index (χ0v) is 10.9. The summed E-state index contributed by atoms with van der Waals surface area (Å²) in [5, 5.41) is 2.48. The summed E-state index contributed by atoms with van der Waals surface area (Å²) in [5.74, 6) is -0.348. The molecule has 0 aliphatic heterocycles. The van der Waals surface area contributed by atoms with Crippen molar-refractivity contribution in [3.63, 3.8) is 0 Å². The van der Waals surface area contributed by atoms with Crippen LogP contribution in [0.1, 0.15) is 34.1 Å². The predicted octanol–water partition coefficient (Wildman–Crippen LogP) is 2.02. The fraction of sp³-hybridized carbons (Fsp3) is 0.667. The number of carbonyl (C=O) groups is 2. The van der Waals surface area contributed by atoms with Crippen LogP contribution in [0.5, 0.6) is 0 Å². The molecule has 98 valence electrons. The van der Waals surface area contributed by atoms with Crippen LogP contribution in [0.2, 0.25) is 0 Å². The van der Waals surface area contributed by atoms with E-state index in [4.69, 9.17) is 9.47 Å². The van der Waals surface area contributed by atoms with E-state index in [1.54, 1.807) is 32.9 Å². The third kappa shape index (κ3) is 10.8. The summed E-state index contributed by atoms with van der Waals surface area (Å²) in [6.45, 7) is 7.65. The molecule has 0 aromatic rings. The van der Waals surface area contributed by atoms with Gasteiger partial charge in [0.2, 0.25) is 0 Å². The number of rotatable bonds is 5. The number of nitrogens with one attached hydrogen (secondary N) is 1. The summed E-state index contributed by atoms with van der Waals surface area (Å²) in [6.07, 6.45) is 3.14. The Bertz CT molecular complexity index is 279. The van der Waals surface area contributed by atoms with Crippen LogP contribution in [0, 0.1) is 0 Å². The van der Waals surface area contributed by atoms with E-state index in [-0.39, 0.29) is 25.5 Å². The maximum Gasteiger partial charge on any atom is 0.407 e. The Morgan fingerprint density at radius 3 is 2.47 bits per heavy atom. The lowest BCUT2D eigenvalue weighted by Crippen LogP contribution is -2.33. The van der Waals surface area contributed by atoms with Crippen molar-refractivity contribution in [2.24, 2.45) is 0 Å². The molecule has 1 N–H and O–H groups in total. The Morgan fingerprint density at radius 1 is 1.29 bits per heavy atom. The van der Waals surface area contributed by atoms with Crippen molar-refractivity contribution in [2.75, 3.05) is 13.2 Å². The van der Waals surface area contributed by atoms with Crippen LogP contribution in [-0.4, -0.2) is 30.8 Å². The number of amides is 1. The smallest absolute Gasteiger partial charge is 0.407 e. The maximum absolute atomic E-state index is 11.2. The SMILES string of the molecule is C/C=C/COC(=O)CCNC(=O)OC(C)(C)C. The van der Waals surface area contributed by atoms with Crippen LogP contribution in [0.15, 0.2) is 12.2 Å². The van der Waals surface area contributed by atoms with Crippen LogP contribution >= 0.6 is 0 Å². The van der Waals surface area contributed by atoms with Gasteiger partial charge in [0.15, 0.2) is 0 Å². The Kier molecular flexibility index (Phi) is 7.02. The maximum atomic E-state index is 11.2. The number of hydrogen-bond acceptors (Lipinski definition) is 4. The molecule has 0 unspecified atom stereocenters. The lowest BCUT2D eigenvalue weighted by atomic mass is 10.2. The fourth-order valence-electron chi connectivity index (χ4n) is 0.890. The molecule has 5 heteroatoms. The van der Waals surface area contributed by atoms with Crippen molar-refractivity contribution >= 4 is 12.1 Å². The molecule has 0 heterocycles. The number of alkyl carbamates (subject to hydrolysis) is 1. The third-order valence-electron chi connectivity index (χ3n) is 1.57. The number of carbonyl (C=O) groups excluding carboxylic acids is 2. The van der Waals surface area contributed by atoms with Gasteiger partial charge in [-0.15, -0.1) is 0 Å². The second kappa shape index (κ2) is 7.70. The van der Waals surface area contributed by atoms with Gasteiger partial charge in [-0.1, -0.05) is 12.2 Å². The molecule has 0 bridgehead atoms. The molecule has 0 radical (unpaired) electrons. The molecule has 0 aromatic carbocycles. The zero-order valence-electron chi connectivity index (χ0n) is 10.9. The van der Waals surface area contributed by atoms with Crippen molar-refractivity contribution in [3.8, 4) is 0 Å². The minimum atomic E-state index is -0.531. The lowest BCUT2D eigenvalue weighted by molar-refractivity contribution is -0.142. The first kappa shape index (κ1) is 15.5. The van der Waals surface area contributed by atoms with Gasteiger partial charge in [-0.25, -0.2) is 4.79 Å². The predicted molar refractivity (Wildman–Crippen MR) is 64.6 cm³/mol. The standard InChI is InChI=1S/C12H21NO4/c1-5-6-9-16-10(14)7-8-13-11(15)17-12(2,3)4/h5-6H,7-9H2,1-4H3,(H,13,15)/b6-5+. The van der Waals surface area contributed by atoms with Crippen molar-refractivity contribution in [3.05, 3.63) is 12.2 Å². The Morgan fingerprint density at radius 2 is 1.94 bits per heavy atom. The van der Waals surface area contributed by atoms with Gasteiger partial charge in [0.1, 0.15) is 12.2 Å². The molecule has 0 fully saturated rings. The van der Waals surface area contributed by atoms with Crippen molar-refractivity contribution < 1.29 is 19.1 Å². The van der Waals surface area contributed by atoms with Crippen LogP contribution < -0.4 is 5.32 Å². The van der Waals surface area contributed by atoms with Crippen LogP contribution in [0.3, 0.4) is 0 Å². The number of ether oxygens (including phenoxy) is 2. The van der Waals surface area contributed by atoms with E-state index >= 15 is 0 Å². The minimum Gasteiger partial charge on any atom is -0.461 e. The largest absolute Gasteiger partial charge is 0.461 e. The van der Waals surface area contributed by atoms with Gasteiger partial charge >= 0.3 is 12.1 Å². The quantitative estimate of drug-likeness (QED) is 0.592. The number of esters is 1. The fourth-order valence-corrected chi connectivity index (χ4v) is 0.890. The first-order valence-electron chi connectivity index (χ1n) is 5.59. The van der Waals surface area contributed by atoms with Gasteiger partial charge in [0, 0.05) is 6.54 Å². The van der Waals surface area contributed by atoms with E-state index in [9.17, 15) is 9.59 Å². The van der Waals surface area contributed by atoms with Crippen molar-refractivity contribution in [1.29, 1.82) is 0 Å². The minimum absolute atomic E-state index is 0.136. The summed E-state index contributed by atoms with van der Waals surface area (Å²) < 4.78 is 9.85. The molecule has 0 rings (SSSR count). The highest BCUT2D eigenvalue weighted by molar-refractivity contribution is 5.72. The molecule has 0 saturated heterocycles. The summed E-state index contributed by atoms with van der Waals surface area (Å²) >= 11 is 0. The monoisotopic (exact) mass is 243 g/mol. The molecule has 0 aromatic heterocycles. The summed E-state index contributed by atoms with van der Waals surface area (Å²) in [4.78, 5) is 22.3. The zero-order chi connectivity index (χ0) is 13.3. The van der Waals surface area contributed by atoms with E-state index in [1.165, 1.54) is 0 Å². The average Bonchev–Trinajstić information content (AvgIpc) is 2.15. The molecule has 0 spiro atoms. The normalized spacial score (nSPS) is 11.3. The second-order valence-corrected chi connectivity index (χ2v) is 4.43. The molecule has 0 aliphatic rings. The van der Waals surface area contributed by atoms with Crippen LogP contribution in [0.25, 0.3) is 0 Å². The highest BCUT2D eigenvalue weighted by Crippen LogP contribution is 2.06. The van der Waals surface area contributed by atoms with Gasteiger partial charge in [0.05, 0.1) is 6.42 Å². The summed E-state index contributed by atoms with van der Waals surface area (Å²) in [6, 6.07) is 0. The van der Waals surface area contributed by atoms with Crippen molar-refractivity contribution in [2.45, 2.75) is 39.7 Å². The van der Waals surface area contributed by atoms with E-state index in [0.29, 0.717) is 0 Å².